The Kier molecular flexibility index (Phi) is 3.18. The summed E-state index contributed by atoms with van der Waals surface area (Å²) in [5, 5.41) is 0. The average Bonchev–Trinajstić information content (AvgIpc) is 2.59. The van der Waals surface area contributed by atoms with Crippen LogP contribution < -0.4 is 5.73 Å². The van der Waals surface area contributed by atoms with Crippen molar-refractivity contribution >= 4 is 5.82 Å². The Bertz CT molecular complexity index is 526. The van der Waals surface area contributed by atoms with E-state index in [-0.39, 0.29) is 0 Å². The number of aromatic nitrogens is 2. The molecule has 2 aromatic rings. The van der Waals surface area contributed by atoms with Crippen molar-refractivity contribution in [2.45, 2.75) is 26.7 Å². The summed E-state index contributed by atoms with van der Waals surface area (Å²) in [5.41, 5.74) is 9.38. The van der Waals surface area contributed by atoms with Gasteiger partial charge in [-0.3, -0.25) is 0 Å². The third-order valence-corrected chi connectivity index (χ3v) is 3.11. The van der Waals surface area contributed by atoms with E-state index in [2.05, 4.69) is 31.0 Å². The van der Waals surface area contributed by atoms with Crippen molar-refractivity contribution in [3.8, 4) is 11.3 Å². The molecule has 0 saturated heterocycles. The third kappa shape index (κ3) is 2.05. The normalized spacial score (nSPS) is 10.8. The summed E-state index contributed by atoms with van der Waals surface area (Å²) in [6.45, 7) is 4.24. The van der Waals surface area contributed by atoms with Crippen LogP contribution in [0.4, 0.5) is 5.82 Å². The SMILES string of the molecule is CCCc1nc(-c2ccccc2C)c(N)n1C. The first-order chi connectivity index (χ1) is 8.15. The van der Waals surface area contributed by atoms with Gasteiger partial charge in [-0.2, -0.15) is 0 Å². The summed E-state index contributed by atoms with van der Waals surface area (Å²) in [7, 11) is 1.98. The van der Waals surface area contributed by atoms with E-state index in [0.717, 1.165) is 35.7 Å². The van der Waals surface area contributed by atoms with E-state index in [1.165, 1.54) is 5.56 Å². The van der Waals surface area contributed by atoms with Crippen LogP contribution in [-0.2, 0) is 13.5 Å². The van der Waals surface area contributed by atoms with Crippen molar-refractivity contribution in [3.05, 3.63) is 35.7 Å². The van der Waals surface area contributed by atoms with Gasteiger partial charge < -0.3 is 10.3 Å². The van der Waals surface area contributed by atoms with E-state index in [1.807, 2.05) is 23.7 Å². The molecule has 0 atom stereocenters. The van der Waals surface area contributed by atoms with E-state index in [1.54, 1.807) is 0 Å². The molecule has 0 radical (unpaired) electrons. The van der Waals surface area contributed by atoms with Gasteiger partial charge >= 0.3 is 0 Å². The predicted octanol–water partition coefficient (Wildman–Crippen LogP) is 2.93. The Morgan fingerprint density at radius 2 is 2.00 bits per heavy atom. The number of nitrogen functional groups attached to an aromatic ring is 1. The Hall–Kier alpha value is -1.77. The standard InChI is InChI=1S/C14H19N3/c1-4-7-12-16-13(14(15)17(12)3)11-9-6-5-8-10(11)2/h5-6,8-9H,4,7,15H2,1-3H3. The molecule has 3 heteroatoms. The maximum atomic E-state index is 6.14. The molecular weight excluding hydrogens is 210 g/mol. The topological polar surface area (TPSA) is 43.8 Å². The second-order valence-electron chi connectivity index (χ2n) is 4.39. The molecule has 0 aliphatic carbocycles. The minimum Gasteiger partial charge on any atom is -0.383 e. The van der Waals surface area contributed by atoms with Crippen molar-refractivity contribution in [1.82, 2.24) is 9.55 Å². The highest BCUT2D eigenvalue weighted by atomic mass is 15.1. The molecule has 2 rings (SSSR count). The fourth-order valence-electron chi connectivity index (χ4n) is 2.04. The summed E-state index contributed by atoms with van der Waals surface area (Å²) >= 11 is 0. The smallest absolute Gasteiger partial charge is 0.131 e. The molecule has 1 aromatic carbocycles. The van der Waals surface area contributed by atoms with Crippen LogP contribution in [0.15, 0.2) is 24.3 Å². The first kappa shape index (κ1) is 11.7. The second-order valence-corrected chi connectivity index (χ2v) is 4.39. The average molecular weight is 229 g/mol. The lowest BCUT2D eigenvalue weighted by atomic mass is 10.1. The molecule has 0 unspecified atom stereocenters. The summed E-state index contributed by atoms with van der Waals surface area (Å²) in [6, 6.07) is 8.22. The van der Waals surface area contributed by atoms with Crippen LogP contribution in [0.1, 0.15) is 24.7 Å². The summed E-state index contributed by atoms with van der Waals surface area (Å²) in [4.78, 5) is 4.67. The number of imidazole rings is 1. The molecule has 1 aromatic heterocycles. The lowest BCUT2D eigenvalue weighted by molar-refractivity contribution is 0.764. The lowest BCUT2D eigenvalue weighted by Crippen LogP contribution is -2.01. The Morgan fingerprint density at radius 1 is 1.29 bits per heavy atom. The van der Waals surface area contributed by atoms with Gasteiger partial charge in [0.15, 0.2) is 0 Å². The molecule has 0 spiro atoms. The summed E-state index contributed by atoms with van der Waals surface area (Å²) in [6.07, 6.45) is 2.05. The highest BCUT2D eigenvalue weighted by Gasteiger charge is 2.14. The van der Waals surface area contributed by atoms with E-state index >= 15 is 0 Å². The lowest BCUT2D eigenvalue weighted by Gasteiger charge is -2.03. The van der Waals surface area contributed by atoms with E-state index in [4.69, 9.17) is 5.73 Å². The number of nitrogens with two attached hydrogens (primary N) is 1. The molecule has 0 amide bonds. The number of nitrogens with zero attached hydrogens (tertiary/aromatic N) is 2. The van der Waals surface area contributed by atoms with Gasteiger partial charge in [0.25, 0.3) is 0 Å². The number of anilines is 1. The van der Waals surface area contributed by atoms with Gasteiger partial charge in [0.05, 0.1) is 0 Å². The fourth-order valence-corrected chi connectivity index (χ4v) is 2.04. The molecular formula is C14H19N3. The summed E-state index contributed by atoms with van der Waals surface area (Å²) in [5.74, 6) is 1.81. The monoisotopic (exact) mass is 229 g/mol. The van der Waals surface area contributed by atoms with Gasteiger partial charge in [-0.15, -0.1) is 0 Å². The van der Waals surface area contributed by atoms with Gasteiger partial charge in [0.1, 0.15) is 17.3 Å². The Balaban J connectivity index is 2.53. The van der Waals surface area contributed by atoms with Crippen LogP contribution in [-0.4, -0.2) is 9.55 Å². The van der Waals surface area contributed by atoms with Gasteiger partial charge in [-0.25, -0.2) is 4.98 Å². The maximum absolute atomic E-state index is 6.14. The number of rotatable bonds is 3. The molecule has 17 heavy (non-hydrogen) atoms. The Labute approximate surface area is 102 Å². The molecule has 0 saturated carbocycles. The summed E-state index contributed by atoms with van der Waals surface area (Å²) < 4.78 is 1.99. The van der Waals surface area contributed by atoms with E-state index in [9.17, 15) is 0 Å². The largest absolute Gasteiger partial charge is 0.383 e. The molecule has 90 valence electrons. The fraction of sp³-hybridized carbons (Fsp3) is 0.357. The van der Waals surface area contributed by atoms with Gasteiger partial charge in [-0.05, 0) is 18.9 Å². The minimum absolute atomic E-state index is 0.753. The maximum Gasteiger partial charge on any atom is 0.131 e. The van der Waals surface area contributed by atoms with Crippen molar-refractivity contribution < 1.29 is 0 Å². The van der Waals surface area contributed by atoms with Crippen LogP contribution in [0, 0.1) is 6.92 Å². The third-order valence-electron chi connectivity index (χ3n) is 3.11. The van der Waals surface area contributed by atoms with Crippen LogP contribution in [0.2, 0.25) is 0 Å². The number of benzene rings is 1. The highest BCUT2D eigenvalue weighted by molar-refractivity contribution is 5.73. The molecule has 0 bridgehead atoms. The molecule has 0 aliphatic heterocycles. The zero-order valence-electron chi connectivity index (χ0n) is 10.7. The minimum atomic E-state index is 0.753. The van der Waals surface area contributed by atoms with Gasteiger partial charge in [0.2, 0.25) is 0 Å². The molecule has 0 fully saturated rings. The predicted molar refractivity (Wildman–Crippen MR) is 71.8 cm³/mol. The van der Waals surface area contributed by atoms with Crippen molar-refractivity contribution in [2.75, 3.05) is 5.73 Å². The van der Waals surface area contributed by atoms with Crippen LogP contribution in [0.25, 0.3) is 11.3 Å². The first-order valence-electron chi connectivity index (χ1n) is 6.02. The number of aryl methyl sites for hydroxylation is 2. The zero-order valence-corrected chi connectivity index (χ0v) is 10.7. The van der Waals surface area contributed by atoms with Crippen LogP contribution in [0.5, 0.6) is 0 Å². The second kappa shape index (κ2) is 4.62. The number of hydrogen-bond donors (Lipinski definition) is 1. The van der Waals surface area contributed by atoms with Crippen molar-refractivity contribution in [2.24, 2.45) is 7.05 Å². The van der Waals surface area contributed by atoms with E-state index in [0.29, 0.717) is 0 Å². The van der Waals surface area contributed by atoms with E-state index < -0.39 is 0 Å². The van der Waals surface area contributed by atoms with Gasteiger partial charge in [0, 0.05) is 19.0 Å². The molecule has 2 N–H and O–H groups in total. The quantitative estimate of drug-likeness (QED) is 0.879. The van der Waals surface area contributed by atoms with Crippen LogP contribution >= 0.6 is 0 Å². The van der Waals surface area contributed by atoms with Gasteiger partial charge in [-0.1, -0.05) is 31.2 Å². The first-order valence-corrected chi connectivity index (χ1v) is 6.02. The Morgan fingerprint density at radius 3 is 2.65 bits per heavy atom. The highest BCUT2D eigenvalue weighted by Crippen LogP contribution is 2.28. The van der Waals surface area contributed by atoms with Crippen LogP contribution in [0.3, 0.4) is 0 Å². The zero-order chi connectivity index (χ0) is 12.4. The number of hydrogen-bond acceptors (Lipinski definition) is 2. The molecule has 0 aliphatic rings. The van der Waals surface area contributed by atoms with Crippen molar-refractivity contribution in [3.63, 3.8) is 0 Å². The molecule has 1 heterocycles. The van der Waals surface area contributed by atoms with Crippen molar-refractivity contribution in [1.29, 1.82) is 0 Å². The molecule has 3 nitrogen and oxygen atoms in total.